The standard InChI is InChI=1S/C38H42N4O3/c1-5-38(4,41-25-35(44)33-16-19-36(39-24-33)42-26(2)12-13-27(42)3)22-28-8-6-11-32(20-28)37(45)40-23-29-9-7-10-31(21-29)30-14-17-34(43)18-15-30/h6-21,24,35,41,43-44H,5,22-23,25H2,1-4H3,(H,40,45)/t35-,38+/m0/s1. The van der Waals surface area contributed by atoms with E-state index >= 15 is 0 Å². The molecule has 0 saturated carbocycles. The fraction of sp³-hybridized carbons (Fsp3) is 0.263. The van der Waals surface area contributed by atoms with Gasteiger partial charge < -0.3 is 25.4 Å². The number of hydrogen-bond donors (Lipinski definition) is 4. The SMILES string of the molecule is CC[C@](C)(Cc1cccc(C(=O)NCc2cccc(-c3ccc(O)cc3)c2)c1)NC[C@H](O)c1ccc(-n2c(C)ccc2C)nc1. The lowest BCUT2D eigenvalue weighted by Gasteiger charge is -2.31. The molecule has 5 aromatic rings. The number of aliphatic hydroxyl groups excluding tert-OH is 1. The normalized spacial score (nSPS) is 13.3. The van der Waals surface area contributed by atoms with Crippen LogP contribution in [0.25, 0.3) is 16.9 Å². The smallest absolute Gasteiger partial charge is 0.251 e. The van der Waals surface area contributed by atoms with Crippen LogP contribution in [0.2, 0.25) is 0 Å². The summed E-state index contributed by atoms with van der Waals surface area (Å²) in [4.78, 5) is 17.7. The van der Waals surface area contributed by atoms with Gasteiger partial charge in [-0.2, -0.15) is 0 Å². The Morgan fingerprint density at radius 1 is 0.889 bits per heavy atom. The quantitative estimate of drug-likeness (QED) is 0.126. The molecule has 232 valence electrons. The van der Waals surface area contributed by atoms with Crippen LogP contribution in [0.1, 0.15) is 64.8 Å². The number of phenolic OH excluding ortho intramolecular Hbond substituents is 1. The first-order chi connectivity index (χ1) is 21.6. The van der Waals surface area contributed by atoms with Gasteiger partial charge in [0.05, 0.1) is 6.10 Å². The van der Waals surface area contributed by atoms with Crippen LogP contribution in [0.3, 0.4) is 0 Å². The van der Waals surface area contributed by atoms with Gasteiger partial charge >= 0.3 is 0 Å². The second kappa shape index (κ2) is 13.9. The summed E-state index contributed by atoms with van der Waals surface area (Å²) in [5.41, 5.74) is 7.39. The number of benzene rings is 3. The van der Waals surface area contributed by atoms with E-state index in [4.69, 9.17) is 0 Å². The summed E-state index contributed by atoms with van der Waals surface area (Å²) in [6.07, 6.45) is 2.59. The molecule has 5 rings (SSSR count). The lowest BCUT2D eigenvalue weighted by Crippen LogP contribution is -2.45. The van der Waals surface area contributed by atoms with E-state index in [1.165, 1.54) is 0 Å². The Kier molecular flexibility index (Phi) is 9.81. The third kappa shape index (κ3) is 7.87. The molecular weight excluding hydrogens is 560 g/mol. The number of nitrogens with one attached hydrogen (secondary N) is 2. The molecule has 4 N–H and O–H groups in total. The fourth-order valence-corrected chi connectivity index (χ4v) is 5.60. The summed E-state index contributed by atoms with van der Waals surface area (Å²) in [5.74, 6) is 0.938. The Bertz CT molecular complexity index is 1720. The number of aryl methyl sites for hydroxylation is 2. The number of aromatic nitrogens is 2. The number of aromatic hydroxyl groups is 1. The second-order valence-corrected chi connectivity index (χ2v) is 12.0. The summed E-state index contributed by atoms with van der Waals surface area (Å²) in [6.45, 7) is 9.16. The van der Waals surface area contributed by atoms with E-state index in [9.17, 15) is 15.0 Å². The Morgan fingerprint density at radius 3 is 2.29 bits per heavy atom. The van der Waals surface area contributed by atoms with Crippen LogP contribution in [0.5, 0.6) is 5.75 Å². The number of phenols is 1. The number of amides is 1. The molecule has 3 aromatic carbocycles. The molecule has 0 bridgehead atoms. The zero-order valence-corrected chi connectivity index (χ0v) is 26.4. The van der Waals surface area contributed by atoms with Crippen molar-refractivity contribution in [3.63, 3.8) is 0 Å². The first-order valence-corrected chi connectivity index (χ1v) is 15.4. The number of carbonyl (C=O) groups excluding carboxylic acids is 1. The molecule has 0 aliphatic heterocycles. The summed E-state index contributed by atoms with van der Waals surface area (Å²) in [6, 6.07) is 30.8. The minimum Gasteiger partial charge on any atom is -0.508 e. The third-order valence-corrected chi connectivity index (χ3v) is 8.52. The number of hydrogen-bond acceptors (Lipinski definition) is 5. The van der Waals surface area contributed by atoms with Crippen molar-refractivity contribution in [1.82, 2.24) is 20.2 Å². The molecule has 2 atom stereocenters. The van der Waals surface area contributed by atoms with Gasteiger partial charge in [0.25, 0.3) is 5.91 Å². The molecule has 0 aliphatic carbocycles. The van der Waals surface area contributed by atoms with Crippen LogP contribution in [-0.4, -0.2) is 37.8 Å². The highest BCUT2D eigenvalue weighted by molar-refractivity contribution is 5.94. The Hall–Kier alpha value is -4.72. The number of pyridine rings is 1. The van der Waals surface area contributed by atoms with Gasteiger partial charge in [0.1, 0.15) is 11.6 Å². The first-order valence-electron chi connectivity index (χ1n) is 15.4. The molecule has 2 aromatic heterocycles. The Balaban J connectivity index is 1.17. The van der Waals surface area contributed by atoms with Gasteiger partial charge in [-0.15, -0.1) is 0 Å². The average molecular weight is 603 g/mol. The van der Waals surface area contributed by atoms with Gasteiger partial charge in [0.15, 0.2) is 0 Å². The molecule has 1 amide bonds. The lowest BCUT2D eigenvalue weighted by molar-refractivity contribution is 0.0950. The molecule has 45 heavy (non-hydrogen) atoms. The minimum absolute atomic E-state index is 0.130. The van der Waals surface area contributed by atoms with Crippen LogP contribution < -0.4 is 10.6 Å². The van der Waals surface area contributed by atoms with Crippen molar-refractivity contribution >= 4 is 5.91 Å². The van der Waals surface area contributed by atoms with Crippen LogP contribution in [0, 0.1) is 13.8 Å². The van der Waals surface area contributed by atoms with Crippen molar-refractivity contribution in [3.05, 3.63) is 137 Å². The second-order valence-electron chi connectivity index (χ2n) is 12.0. The van der Waals surface area contributed by atoms with Crippen molar-refractivity contribution < 1.29 is 15.0 Å². The van der Waals surface area contributed by atoms with Crippen molar-refractivity contribution in [1.29, 1.82) is 0 Å². The van der Waals surface area contributed by atoms with E-state index < -0.39 is 6.10 Å². The summed E-state index contributed by atoms with van der Waals surface area (Å²) in [5, 5.41) is 27.2. The number of rotatable bonds is 12. The number of carbonyl (C=O) groups is 1. The number of nitrogens with zero attached hydrogens (tertiary/aromatic N) is 2. The molecule has 0 fully saturated rings. The van der Waals surface area contributed by atoms with Crippen molar-refractivity contribution in [3.8, 4) is 22.7 Å². The van der Waals surface area contributed by atoms with E-state index in [-0.39, 0.29) is 17.2 Å². The van der Waals surface area contributed by atoms with Crippen LogP contribution >= 0.6 is 0 Å². The van der Waals surface area contributed by atoms with Gasteiger partial charge in [-0.25, -0.2) is 4.98 Å². The highest BCUT2D eigenvalue weighted by Crippen LogP contribution is 2.24. The minimum atomic E-state index is -0.700. The summed E-state index contributed by atoms with van der Waals surface area (Å²) >= 11 is 0. The maximum absolute atomic E-state index is 13.1. The highest BCUT2D eigenvalue weighted by atomic mass is 16.3. The average Bonchev–Trinajstić information content (AvgIpc) is 3.40. The molecular formula is C38H42N4O3. The maximum Gasteiger partial charge on any atom is 0.251 e. The van der Waals surface area contributed by atoms with Crippen LogP contribution in [-0.2, 0) is 13.0 Å². The maximum atomic E-state index is 13.1. The van der Waals surface area contributed by atoms with E-state index in [2.05, 4.69) is 60.0 Å². The van der Waals surface area contributed by atoms with Gasteiger partial charge in [-0.3, -0.25) is 4.79 Å². The van der Waals surface area contributed by atoms with E-state index in [0.29, 0.717) is 25.1 Å². The first kappa shape index (κ1) is 31.7. The van der Waals surface area contributed by atoms with Crippen molar-refractivity contribution in [2.24, 2.45) is 0 Å². The number of aliphatic hydroxyl groups is 1. The van der Waals surface area contributed by atoms with E-state index in [1.54, 1.807) is 18.3 Å². The molecule has 0 aliphatic rings. The zero-order valence-electron chi connectivity index (χ0n) is 26.4. The van der Waals surface area contributed by atoms with E-state index in [1.807, 2.05) is 72.8 Å². The number of β-amino-alcohol motifs (C(OH)–C–C–N with tert-alkyl or cyclic N) is 1. The van der Waals surface area contributed by atoms with Crippen LogP contribution in [0.4, 0.5) is 0 Å². The molecule has 0 saturated heterocycles. The van der Waals surface area contributed by atoms with Gasteiger partial charge in [0, 0.05) is 47.3 Å². The molecule has 0 unspecified atom stereocenters. The Labute approximate surface area is 265 Å². The molecule has 7 heteroatoms. The van der Waals surface area contributed by atoms with E-state index in [0.717, 1.165) is 51.4 Å². The lowest BCUT2D eigenvalue weighted by atomic mass is 9.89. The molecule has 7 nitrogen and oxygen atoms in total. The van der Waals surface area contributed by atoms with Gasteiger partial charge in [-0.05, 0) is 104 Å². The summed E-state index contributed by atoms with van der Waals surface area (Å²) < 4.78 is 2.09. The predicted octanol–water partition coefficient (Wildman–Crippen LogP) is 6.83. The molecule has 2 heterocycles. The van der Waals surface area contributed by atoms with Crippen molar-refractivity contribution in [2.75, 3.05) is 6.54 Å². The zero-order chi connectivity index (χ0) is 32.0. The Morgan fingerprint density at radius 2 is 1.60 bits per heavy atom. The highest BCUT2D eigenvalue weighted by Gasteiger charge is 2.24. The molecule has 0 spiro atoms. The third-order valence-electron chi connectivity index (χ3n) is 8.52. The summed E-state index contributed by atoms with van der Waals surface area (Å²) in [7, 11) is 0. The van der Waals surface area contributed by atoms with Crippen molar-refractivity contribution in [2.45, 2.75) is 58.7 Å². The largest absolute Gasteiger partial charge is 0.508 e. The topological polar surface area (TPSA) is 99.4 Å². The molecule has 0 radical (unpaired) electrons. The van der Waals surface area contributed by atoms with Gasteiger partial charge in [0.2, 0.25) is 0 Å². The van der Waals surface area contributed by atoms with Crippen LogP contribution in [0.15, 0.2) is 103 Å². The predicted molar refractivity (Wildman–Crippen MR) is 180 cm³/mol. The fourth-order valence-electron chi connectivity index (χ4n) is 5.60. The van der Waals surface area contributed by atoms with Gasteiger partial charge in [-0.1, -0.05) is 55.5 Å². The monoisotopic (exact) mass is 602 g/mol.